The fourth-order valence-corrected chi connectivity index (χ4v) is 1.98. The van der Waals surface area contributed by atoms with Gasteiger partial charge in [0.05, 0.1) is 4.92 Å². The molecule has 0 aliphatic carbocycles. The number of nitrogens with zero attached hydrogens (tertiary/aromatic N) is 5. The number of rotatable bonds is 3. The molecule has 0 N–H and O–H groups in total. The van der Waals surface area contributed by atoms with Crippen molar-refractivity contribution in [2.75, 3.05) is 0 Å². The summed E-state index contributed by atoms with van der Waals surface area (Å²) in [7, 11) is 1.32. The van der Waals surface area contributed by atoms with E-state index in [1.807, 2.05) is 0 Å². The number of nitro groups is 1. The monoisotopic (exact) mass is 339 g/mol. The van der Waals surface area contributed by atoms with Crippen LogP contribution in [-0.4, -0.2) is 24.8 Å². The van der Waals surface area contributed by atoms with Crippen LogP contribution in [0.3, 0.4) is 0 Å². The van der Waals surface area contributed by atoms with Gasteiger partial charge in [0.1, 0.15) is 5.69 Å². The Balaban J connectivity index is 1.93. The summed E-state index contributed by atoms with van der Waals surface area (Å²) >= 11 is 0. The fraction of sp³-hybridized carbons (Fsp3) is 0.154. The maximum Gasteiger partial charge on any atom is 0.435 e. The third kappa shape index (κ3) is 2.83. The molecule has 24 heavy (non-hydrogen) atoms. The maximum atomic E-state index is 12.7. The van der Waals surface area contributed by atoms with Gasteiger partial charge in [-0.1, -0.05) is 5.16 Å². The molecule has 0 spiro atoms. The van der Waals surface area contributed by atoms with Crippen molar-refractivity contribution in [3.63, 3.8) is 0 Å². The minimum atomic E-state index is -4.59. The molecule has 0 fully saturated rings. The quantitative estimate of drug-likeness (QED) is 0.537. The first-order chi connectivity index (χ1) is 11.3. The van der Waals surface area contributed by atoms with Crippen molar-refractivity contribution in [3.8, 4) is 23.0 Å². The van der Waals surface area contributed by atoms with E-state index >= 15 is 0 Å². The van der Waals surface area contributed by atoms with Crippen LogP contribution in [0.25, 0.3) is 23.0 Å². The van der Waals surface area contributed by atoms with Crippen LogP contribution in [0.4, 0.5) is 18.9 Å². The minimum absolute atomic E-state index is 0.00277. The van der Waals surface area contributed by atoms with Gasteiger partial charge in [0.25, 0.3) is 11.6 Å². The van der Waals surface area contributed by atoms with Gasteiger partial charge in [-0.15, -0.1) is 0 Å². The molecule has 124 valence electrons. The fourth-order valence-electron chi connectivity index (χ4n) is 1.98. The van der Waals surface area contributed by atoms with E-state index in [4.69, 9.17) is 4.52 Å². The Morgan fingerprint density at radius 2 is 1.92 bits per heavy atom. The molecule has 3 rings (SSSR count). The molecule has 8 nitrogen and oxygen atoms in total. The molecule has 0 atom stereocenters. The maximum absolute atomic E-state index is 12.7. The second-order valence-corrected chi connectivity index (χ2v) is 4.76. The molecule has 0 unspecified atom stereocenters. The average molecular weight is 339 g/mol. The highest BCUT2D eigenvalue weighted by atomic mass is 19.4. The predicted octanol–water partition coefficient (Wildman–Crippen LogP) is 3.06. The van der Waals surface area contributed by atoms with Crippen LogP contribution in [-0.2, 0) is 13.2 Å². The Hall–Kier alpha value is -3.24. The molecule has 1 aromatic carbocycles. The Bertz CT molecular complexity index is 898. The lowest BCUT2D eigenvalue weighted by Crippen LogP contribution is -2.06. The van der Waals surface area contributed by atoms with Gasteiger partial charge in [-0.05, 0) is 12.1 Å². The molecule has 0 saturated heterocycles. The van der Waals surface area contributed by atoms with Gasteiger partial charge in [0, 0.05) is 30.8 Å². The largest absolute Gasteiger partial charge is 0.435 e. The zero-order valence-corrected chi connectivity index (χ0v) is 12.0. The summed E-state index contributed by atoms with van der Waals surface area (Å²) in [5, 5.41) is 17.6. The molecule has 3 aromatic rings. The first-order valence-corrected chi connectivity index (χ1v) is 6.46. The van der Waals surface area contributed by atoms with Crippen LogP contribution < -0.4 is 0 Å². The first-order valence-electron chi connectivity index (χ1n) is 6.46. The van der Waals surface area contributed by atoms with Crippen LogP contribution in [0, 0.1) is 10.1 Å². The topological polar surface area (TPSA) is 99.9 Å². The molecule has 2 aromatic heterocycles. The molecule has 0 bridgehead atoms. The Kier molecular flexibility index (Phi) is 3.55. The van der Waals surface area contributed by atoms with E-state index in [1.165, 1.54) is 31.3 Å². The van der Waals surface area contributed by atoms with E-state index < -0.39 is 16.8 Å². The number of halogens is 3. The van der Waals surface area contributed by atoms with Gasteiger partial charge in [0.15, 0.2) is 5.69 Å². The highest BCUT2D eigenvalue weighted by molar-refractivity contribution is 5.59. The molecule has 0 radical (unpaired) electrons. The molecule has 0 aliphatic heterocycles. The number of alkyl halides is 3. The number of nitro benzene ring substituents is 1. The summed E-state index contributed by atoms with van der Waals surface area (Å²) < 4.78 is 44.0. The second-order valence-electron chi connectivity index (χ2n) is 4.76. The van der Waals surface area contributed by atoms with Crippen molar-refractivity contribution >= 4 is 5.69 Å². The van der Waals surface area contributed by atoms with Gasteiger partial charge in [0.2, 0.25) is 5.82 Å². The molecular weight excluding hydrogens is 331 g/mol. The van der Waals surface area contributed by atoms with Gasteiger partial charge in [-0.2, -0.15) is 23.3 Å². The van der Waals surface area contributed by atoms with Crippen molar-refractivity contribution < 1.29 is 22.6 Å². The van der Waals surface area contributed by atoms with Gasteiger partial charge >= 0.3 is 6.18 Å². The van der Waals surface area contributed by atoms with Gasteiger partial charge in [-0.3, -0.25) is 14.8 Å². The van der Waals surface area contributed by atoms with Crippen molar-refractivity contribution in [2.24, 2.45) is 7.05 Å². The van der Waals surface area contributed by atoms with E-state index in [0.29, 0.717) is 5.56 Å². The van der Waals surface area contributed by atoms with Crippen LogP contribution in [0.1, 0.15) is 5.69 Å². The second kappa shape index (κ2) is 5.44. The zero-order valence-electron chi connectivity index (χ0n) is 12.0. The Morgan fingerprint density at radius 3 is 2.46 bits per heavy atom. The number of non-ortho nitro benzene ring substituents is 1. The van der Waals surface area contributed by atoms with E-state index in [-0.39, 0.29) is 23.1 Å². The molecule has 11 heteroatoms. The van der Waals surface area contributed by atoms with Crippen molar-refractivity contribution in [1.29, 1.82) is 0 Å². The molecule has 0 saturated carbocycles. The predicted molar refractivity (Wildman–Crippen MR) is 73.6 cm³/mol. The van der Waals surface area contributed by atoms with Gasteiger partial charge in [-0.25, -0.2) is 0 Å². The van der Waals surface area contributed by atoms with Crippen molar-refractivity contribution in [1.82, 2.24) is 19.9 Å². The summed E-state index contributed by atoms with van der Waals surface area (Å²) in [4.78, 5) is 14.1. The first kappa shape index (κ1) is 15.6. The van der Waals surface area contributed by atoms with Crippen LogP contribution in [0.5, 0.6) is 0 Å². The zero-order chi connectivity index (χ0) is 17.5. The number of aryl methyl sites for hydroxylation is 1. The standard InChI is InChI=1S/C13H8F3N5O3/c1-20-9(6-10(18-20)13(14,15)16)12-17-11(19-24-12)7-2-4-8(5-3-7)21(22)23/h2-6H,1H3. The minimum Gasteiger partial charge on any atom is -0.332 e. The highest BCUT2D eigenvalue weighted by Gasteiger charge is 2.35. The normalized spacial score (nSPS) is 11.7. The van der Waals surface area contributed by atoms with Crippen molar-refractivity contribution in [3.05, 3.63) is 46.1 Å². The lowest BCUT2D eigenvalue weighted by Gasteiger charge is -1.98. The summed E-state index contributed by atoms with van der Waals surface area (Å²) in [5.74, 6) is -0.0523. The van der Waals surface area contributed by atoms with E-state index in [1.54, 1.807) is 0 Å². The Morgan fingerprint density at radius 1 is 1.25 bits per heavy atom. The number of aromatic nitrogens is 4. The summed E-state index contributed by atoms with van der Waals surface area (Å²) in [6, 6.07) is 6.15. The third-order valence-corrected chi connectivity index (χ3v) is 3.15. The lowest BCUT2D eigenvalue weighted by molar-refractivity contribution is -0.384. The molecular formula is C13H8F3N5O3. The van der Waals surface area contributed by atoms with E-state index in [9.17, 15) is 23.3 Å². The molecule has 0 amide bonds. The molecule has 2 heterocycles. The highest BCUT2D eigenvalue weighted by Crippen LogP contribution is 2.31. The van der Waals surface area contributed by atoms with Crippen LogP contribution in [0.15, 0.2) is 34.9 Å². The van der Waals surface area contributed by atoms with Crippen LogP contribution >= 0.6 is 0 Å². The van der Waals surface area contributed by atoms with E-state index in [2.05, 4.69) is 15.2 Å². The smallest absolute Gasteiger partial charge is 0.332 e. The SMILES string of the molecule is Cn1nc(C(F)(F)F)cc1-c1nc(-c2ccc([N+](=O)[O-])cc2)no1. The number of hydrogen-bond acceptors (Lipinski definition) is 6. The Labute approximate surface area is 131 Å². The molecule has 0 aliphatic rings. The average Bonchev–Trinajstić information content (AvgIpc) is 3.13. The van der Waals surface area contributed by atoms with Crippen molar-refractivity contribution in [2.45, 2.75) is 6.18 Å². The third-order valence-electron chi connectivity index (χ3n) is 3.15. The summed E-state index contributed by atoms with van der Waals surface area (Å²) in [5.41, 5.74) is -0.754. The lowest BCUT2D eigenvalue weighted by atomic mass is 10.2. The van der Waals surface area contributed by atoms with Crippen LogP contribution in [0.2, 0.25) is 0 Å². The van der Waals surface area contributed by atoms with Gasteiger partial charge < -0.3 is 4.52 Å². The summed E-state index contributed by atoms with van der Waals surface area (Å²) in [6.07, 6.45) is -4.59. The number of hydrogen-bond donors (Lipinski definition) is 0. The number of benzene rings is 1. The van der Waals surface area contributed by atoms with E-state index in [0.717, 1.165) is 10.7 Å². The summed E-state index contributed by atoms with van der Waals surface area (Å²) in [6.45, 7) is 0.